The first-order chi connectivity index (χ1) is 8.19. The highest BCUT2D eigenvalue weighted by molar-refractivity contribution is 7.09. The van der Waals surface area contributed by atoms with Gasteiger partial charge in [0.1, 0.15) is 10.4 Å². The molecule has 0 aliphatic rings. The van der Waals surface area contributed by atoms with Gasteiger partial charge in [-0.15, -0.1) is 11.3 Å². The number of carbonyl (C=O) groups excluding carboxylic acids is 1. The van der Waals surface area contributed by atoms with Gasteiger partial charge in [0.2, 0.25) is 5.91 Å². The number of benzene rings is 1. The quantitative estimate of drug-likeness (QED) is 0.902. The van der Waals surface area contributed by atoms with Gasteiger partial charge in [0.25, 0.3) is 0 Å². The minimum Gasteiger partial charge on any atom is -0.358 e. The highest BCUT2D eigenvalue weighted by atomic mass is 32.1. The molecule has 1 amide bonds. The van der Waals surface area contributed by atoms with Gasteiger partial charge in [-0.05, 0) is 12.5 Å². The van der Waals surface area contributed by atoms with E-state index in [0.29, 0.717) is 0 Å². The van der Waals surface area contributed by atoms with Gasteiger partial charge >= 0.3 is 0 Å². The van der Waals surface area contributed by atoms with Crippen LogP contribution in [0.5, 0.6) is 0 Å². The fourth-order valence-corrected chi connectivity index (χ4v) is 2.66. The summed E-state index contributed by atoms with van der Waals surface area (Å²) in [6.45, 7) is 1.90. The number of carbonyl (C=O) groups is 1. The molecule has 1 atom stereocenters. The zero-order valence-electron chi connectivity index (χ0n) is 9.81. The van der Waals surface area contributed by atoms with Crippen molar-refractivity contribution >= 4 is 17.2 Å². The molecule has 0 saturated heterocycles. The normalized spacial score (nSPS) is 14.0. The predicted octanol–water partition coefficient (Wildman–Crippen LogP) is 2.20. The average Bonchev–Trinajstić information content (AvgIpc) is 2.92. The maximum absolute atomic E-state index is 12.2. The molecule has 0 bridgehead atoms. The number of nitrogens with one attached hydrogen (secondary N) is 1. The van der Waals surface area contributed by atoms with E-state index in [1.165, 1.54) is 11.3 Å². The minimum atomic E-state index is -0.718. The van der Waals surface area contributed by atoms with Crippen LogP contribution in [0, 0.1) is 0 Å². The summed E-state index contributed by atoms with van der Waals surface area (Å²) in [6, 6.07) is 9.72. The Morgan fingerprint density at radius 1 is 1.35 bits per heavy atom. The van der Waals surface area contributed by atoms with Crippen molar-refractivity contribution < 1.29 is 4.79 Å². The first-order valence-corrected chi connectivity index (χ1v) is 6.25. The van der Waals surface area contributed by atoms with Crippen molar-refractivity contribution in [2.45, 2.75) is 12.3 Å². The van der Waals surface area contributed by atoms with Gasteiger partial charge in [-0.2, -0.15) is 0 Å². The monoisotopic (exact) mass is 246 g/mol. The summed E-state index contributed by atoms with van der Waals surface area (Å²) >= 11 is 1.50. The van der Waals surface area contributed by atoms with E-state index in [-0.39, 0.29) is 5.91 Å². The Balaban J connectivity index is 2.56. The van der Waals surface area contributed by atoms with Gasteiger partial charge in [0, 0.05) is 18.6 Å². The fourth-order valence-electron chi connectivity index (χ4n) is 1.84. The number of hydrogen-bond acceptors (Lipinski definition) is 3. The number of nitrogens with zero attached hydrogens (tertiary/aromatic N) is 1. The Bertz CT molecular complexity index is 495. The van der Waals surface area contributed by atoms with Crippen molar-refractivity contribution in [3.8, 4) is 0 Å². The van der Waals surface area contributed by atoms with Crippen molar-refractivity contribution in [2.24, 2.45) is 0 Å². The predicted molar refractivity (Wildman–Crippen MR) is 69.1 cm³/mol. The summed E-state index contributed by atoms with van der Waals surface area (Å²) in [5, 5.41) is 5.42. The van der Waals surface area contributed by atoms with E-state index < -0.39 is 5.41 Å². The van der Waals surface area contributed by atoms with E-state index in [4.69, 9.17) is 0 Å². The lowest BCUT2D eigenvalue weighted by atomic mass is 9.82. The van der Waals surface area contributed by atoms with Crippen LogP contribution in [-0.4, -0.2) is 17.9 Å². The van der Waals surface area contributed by atoms with Crippen LogP contribution in [0.4, 0.5) is 0 Å². The first kappa shape index (κ1) is 11.8. The van der Waals surface area contributed by atoms with Crippen molar-refractivity contribution in [1.82, 2.24) is 10.3 Å². The Morgan fingerprint density at radius 2 is 2.06 bits per heavy atom. The summed E-state index contributed by atoms with van der Waals surface area (Å²) in [5.74, 6) is -0.0429. The molecule has 1 N–H and O–H groups in total. The third-order valence-corrected chi connectivity index (χ3v) is 3.89. The zero-order valence-corrected chi connectivity index (χ0v) is 10.6. The molecule has 1 heterocycles. The standard InChI is InChI=1S/C13H14N2OS/c1-13(11(16)14-2,12-15-8-9-17-12)10-6-4-3-5-7-10/h3-9H,1-2H3,(H,14,16). The molecule has 17 heavy (non-hydrogen) atoms. The fraction of sp³-hybridized carbons (Fsp3) is 0.231. The second kappa shape index (κ2) is 4.67. The molecule has 2 aromatic rings. The minimum absolute atomic E-state index is 0.0429. The van der Waals surface area contributed by atoms with Crippen molar-refractivity contribution in [1.29, 1.82) is 0 Å². The molecular formula is C13H14N2OS. The van der Waals surface area contributed by atoms with Crippen LogP contribution in [0.25, 0.3) is 0 Å². The molecular weight excluding hydrogens is 232 g/mol. The van der Waals surface area contributed by atoms with Gasteiger partial charge in [-0.3, -0.25) is 4.79 Å². The third kappa shape index (κ3) is 1.96. The van der Waals surface area contributed by atoms with Crippen LogP contribution in [-0.2, 0) is 10.2 Å². The summed E-state index contributed by atoms with van der Waals surface area (Å²) in [6.07, 6.45) is 1.73. The van der Waals surface area contributed by atoms with Crippen LogP contribution >= 0.6 is 11.3 Å². The Labute approximate surface area is 105 Å². The van der Waals surface area contributed by atoms with E-state index in [1.807, 2.05) is 42.6 Å². The van der Waals surface area contributed by atoms with Crippen LogP contribution in [0.15, 0.2) is 41.9 Å². The second-order valence-electron chi connectivity index (χ2n) is 3.91. The van der Waals surface area contributed by atoms with Crippen molar-refractivity contribution in [3.05, 3.63) is 52.5 Å². The summed E-state index contributed by atoms with van der Waals surface area (Å²) in [5.41, 5.74) is 0.235. The molecule has 1 unspecified atom stereocenters. The van der Waals surface area contributed by atoms with E-state index in [9.17, 15) is 4.79 Å². The van der Waals surface area contributed by atoms with Crippen LogP contribution < -0.4 is 5.32 Å². The van der Waals surface area contributed by atoms with E-state index in [0.717, 1.165) is 10.6 Å². The highest BCUT2D eigenvalue weighted by Gasteiger charge is 2.38. The maximum atomic E-state index is 12.2. The van der Waals surface area contributed by atoms with Crippen LogP contribution in [0.1, 0.15) is 17.5 Å². The summed E-state index contributed by atoms with van der Waals surface area (Å²) < 4.78 is 0. The molecule has 0 radical (unpaired) electrons. The van der Waals surface area contributed by atoms with Gasteiger partial charge in [0.15, 0.2) is 0 Å². The summed E-state index contributed by atoms with van der Waals surface area (Å²) in [4.78, 5) is 16.5. The molecule has 0 saturated carbocycles. The molecule has 0 spiro atoms. The van der Waals surface area contributed by atoms with Gasteiger partial charge in [-0.25, -0.2) is 4.98 Å². The van der Waals surface area contributed by atoms with Crippen LogP contribution in [0.3, 0.4) is 0 Å². The van der Waals surface area contributed by atoms with Crippen LogP contribution in [0.2, 0.25) is 0 Å². The van der Waals surface area contributed by atoms with Gasteiger partial charge in [-0.1, -0.05) is 30.3 Å². The van der Waals surface area contributed by atoms with E-state index in [2.05, 4.69) is 10.3 Å². The molecule has 0 aliphatic carbocycles. The number of amides is 1. The van der Waals surface area contributed by atoms with Gasteiger partial charge < -0.3 is 5.32 Å². The van der Waals surface area contributed by atoms with Crippen molar-refractivity contribution in [3.63, 3.8) is 0 Å². The third-order valence-electron chi connectivity index (χ3n) is 2.89. The lowest BCUT2D eigenvalue weighted by molar-refractivity contribution is -0.124. The lowest BCUT2D eigenvalue weighted by Gasteiger charge is -2.25. The van der Waals surface area contributed by atoms with Crippen molar-refractivity contribution in [2.75, 3.05) is 7.05 Å². The zero-order chi connectivity index (χ0) is 12.3. The Morgan fingerprint density at radius 3 is 2.59 bits per heavy atom. The second-order valence-corrected chi connectivity index (χ2v) is 4.80. The topological polar surface area (TPSA) is 42.0 Å². The molecule has 0 fully saturated rings. The number of hydrogen-bond donors (Lipinski definition) is 1. The largest absolute Gasteiger partial charge is 0.358 e. The highest BCUT2D eigenvalue weighted by Crippen LogP contribution is 2.33. The SMILES string of the molecule is CNC(=O)C(C)(c1ccccc1)c1nccs1. The maximum Gasteiger partial charge on any atom is 0.237 e. The van der Waals surface area contributed by atoms with E-state index >= 15 is 0 Å². The molecule has 1 aromatic heterocycles. The number of likely N-dealkylation sites (N-methyl/N-ethyl adjacent to an activating group) is 1. The molecule has 0 aliphatic heterocycles. The molecule has 1 aromatic carbocycles. The number of rotatable bonds is 3. The number of aromatic nitrogens is 1. The Kier molecular flexibility index (Phi) is 3.24. The molecule has 88 valence electrons. The average molecular weight is 246 g/mol. The molecule has 2 rings (SSSR count). The first-order valence-electron chi connectivity index (χ1n) is 5.37. The molecule has 4 heteroatoms. The lowest BCUT2D eigenvalue weighted by Crippen LogP contribution is -2.41. The summed E-state index contributed by atoms with van der Waals surface area (Å²) in [7, 11) is 1.65. The van der Waals surface area contributed by atoms with Gasteiger partial charge in [0.05, 0.1) is 0 Å². The number of thiazole rings is 1. The smallest absolute Gasteiger partial charge is 0.237 e. The molecule has 3 nitrogen and oxygen atoms in total. The Hall–Kier alpha value is -1.68. The van der Waals surface area contributed by atoms with E-state index in [1.54, 1.807) is 13.2 Å².